The molecule has 0 spiro atoms. The lowest BCUT2D eigenvalue weighted by atomic mass is 10.2. The Bertz CT molecular complexity index is 758. The molecule has 1 aromatic rings. The molecule has 0 aromatic heterocycles. The number of aliphatic imine (C=N–C) groups is 1. The van der Waals surface area contributed by atoms with Crippen molar-refractivity contribution in [3.63, 3.8) is 0 Å². The molecule has 1 aliphatic heterocycles. The topological polar surface area (TPSA) is 95.1 Å². The van der Waals surface area contributed by atoms with Gasteiger partial charge in [0.1, 0.15) is 5.60 Å². The third-order valence-electron chi connectivity index (χ3n) is 4.67. The van der Waals surface area contributed by atoms with Gasteiger partial charge in [-0.3, -0.25) is 9.79 Å². The second kappa shape index (κ2) is 12.2. The number of benzene rings is 1. The monoisotopic (exact) mass is 431 g/mol. The molecule has 0 bridgehead atoms. The van der Waals surface area contributed by atoms with Crippen molar-refractivity contribution < 1.29 is 14.3 Å². The molecule has 172 valence electrons. The molecule has 2 rings (SSSR count). The first kappa shape index (κ1) is 24.5. The fourth-order valence-electron chi connectivity index (χ4n) is 3.29. The number of nitrogens with one attached hydrogen (secondary N) is 3. The Morgan fingerprint density at radius 1 is 1.10 bits per heavy atom. The number of amides is 2. The summed E-state index contributed by atoms with van der Waals surface area (Å²) in [6, 6.07) is 8.11. The fraction of sp³-hybridized carbons (Fsp3) is 0.609. The third kappa shape index (κ3) is 8.86. The molecule has 8 heteroatoms. The summed E-state index contributed by atoms with van der Waals surface area (Å²) in [5.74, 6) is 0.889. The molecule has 0 radical (unpaired) electrons. The maximum absolute atomic E-state index is 12.6. The Morgan fingerprint density at radius 3 is 2.58 bits per heavy atom. The second-order valence-corrected chi connectivity index (χ2v) is 8.50. The van der Waals surface area contributed by atoms with Crippen molar-refractivity contribution in [3.05, 3.63) is 29.8 Å². The van der Waals surface area contributed by atoms with Crippen molar-refractivity contribution in [2.75, 3.05) is 37.6 Å². The van der Waals surface area contributed by atoms with Crippen molar-refractivity contribution in [1.29, 1.82) is 0 Å². The minimum Gasteiger partial charge on any atom is -0.444 e. The number of alkyl carbamates (subject to hydrolysis) is 1. The zero-order valence-corrected chi connectivity index (χ0v) is 19.3. The second-order valence-electron chi connectivity index (χ2n) is 8.50. The van der Waals surface area contributed by atoms with E-state index in [0.717, 1.165) is 37.6 Å². The Balaban J connectivity index is 1.65. The molecule has 3 N–H and O–H groups in total. The van der Waals surface area contributed by atoms with E-state index in [1.807, 2.05) is 50.8 Å². The minimum absolute atomic E-state index is 0.168. The summed E-state index contributed by atoms with van der Waals surface area (Å²) in [5, 5.41) is 9.20. The predicted molar refractivity (Wildman–Crippen MR) is 125 cm³/mol. The zero-order chi connectivity index (χ0) is 22.7. The molecule has 1 aromatic carbocycles. The lowest BCUT2D eigenvalue weighted by molar-refractivity contribution is -0.118. The lowest BCUT2D eigenvalue weighted by Gasteiger charge is -2.19. The zero-order valence-electron chi connectivity index (χ0n) is 19.3. The van der Waals surface area contributed by atoms with Gasteiger partial charge in [0, 0.05) is 44.8 Å². The van der Waals surface area contributed by atoms with Crippen LogP contribution < -0.4 is 20.9 Å². The number of anilines is 1. The summed E-state index contributed by atoms with van der Waals surface area (Å²) in [6.45, 7) is 10.8. The standard InChI is InChI=1S/C23H37N5O3/c1-5-24-21(26-15-9-16-27-22(30)31-23(2,3)4)25-14-8-12-20(29)28-17-13-18-10-6-7-11-19(18)28/h6-7,10-11H,5,8-9,12-17H2,1-4H3,(H,27,30)(H2,24,25,26). The SMILES string of the molecule is CCNC(=NCCCNC(=O)OC(C)(C)C)NCCCC(=O)N1CCc2ccccc21. The average Bonchev–Trinajstić information content (AvgIpc) is 3.13. The van der Waals surface area contributed by atoms with Crippen LogP contribution in [0, 0.1) is 0 Å². The van der Waals surface area contributed by atoms with E-state index >= 15 is 0 Å². The normalized spacial score (nSPS) is 13.5. The van der Waals surface area contributed by atoms with Crippen molar-refractivity contribution >= 4 is 23.6 Å². The van der Waals surface area contributed by atoms with E-state index in [0.29, 0.717) is 32.5 Å². The van der Waals surface area contributed by atoms with E-state index in [1.165, 1.54) is 5.56 Å². The quantitative estimate of drug-likeness (QED) is 0.317. The molecule has 0 aliphatic carbocycles. The lowest BCUT2D eigenvalue weighted by Crippen LogP contribution is -2.38. The number of guanidine groups is 1. The van der Waals surface area contributed by atoms with Crippen LogP contribution in [0.3, 0.4) is 0 Å². The van der Waals surface area contributed by atoms with Crippen LogP contribution >= 0.6 is 0 Å². The summed E-state index contributed by atoms with van der Waals surface area (Å²) in [7, 11) is 0. The van der Waals surface area contributed by atoms with Crippen LogP contribution in [-0.2, 0) is 16.0 Å². The highest BCUT2D eigenvalue weighted by Crippen LogP contribution is 2.27. The molecule has 0 saturated carbocycles. The Labute approximate surface area is 185 Å². The molecular formula is C23H37N5O3. The van der Waals surface area contributed by atoms with Gasteiger partial charge in [-0.1, -0.05) is 18.2 Å². The number of nitrogens with zero attached hydrogens (tertiary/aromatic N) is 2. The molecule has 8 nitrogen and oxygen atoms in total. The molecule has 2 amide bonds. The minimum atomic E-state index is -0.496. The highest BCUT2D eigenvalue weighted by molar-refractivity contribution is 5.95. The van der Waals surface area contributed by atoms with Crippen LogP contribution in [0.2, 0.25) is 0 Å². The third-order valence-corrected chi connectivity index (χ3v) is 4.67. The Hall–Kier alpha value is -2.77. The van der Waals surface area contributed by atoms with Gasteiger partial charge in [0.2, 0.25) is 5.91 Å². The molecule has 0 saturated heterocycles. The maximum Gasteiger partial charge on any atom is 0.407 e. The van der Waals surface area contributed by atoms with Crippen LogP contribution in [0.5, 0.6) is 0 Å². The number of hydrogen-bond acceptors (Lipinski definition) is 4. The molecule has 1 aliphatic rings. The van der Waals surface area contributed by atoms with E-state index in [4.69, 9.17) is 4.74 Å². The van der Waals surface area contributed by atoms with Gasteiger partial charge in [-0.25, -0.2) is 4.79 Å². The van der Waals surface area contributed by atoms with Crippen LogP contribution in [0.4, 0.5) is 10.5 Å². The molecule has 0 unspecified atom stereocenters. The largest absolute Gasteiger partial charge is 0.444 e. The molecule has 31 heavy (non-hydrogen) atoms. The molecule has 0 fully saturated rings. The van der Waals surface area contributed by atoms with Crippen LogP contribution in [0.15, 0.2) is 29.3 Å². The van der Waals surface area contributed by atoms with Gasteiger partial charge in [0.25, 0.3) is 0 Å². The van der Waals surface area contributed by atoms with Gasteiger partial charge < -0.3 is 25.6 Å². The average molecular weight is 432 g/mol. The number of fused-ring (bicyclic) bond motifs is 1. The predicted octanol–water partition coefficient (Wildman–Crippen LogP) is 2.83. The van der Waals surface area contributed by atoms with E-state index in [2.05, 4.69) is 27.0 Å². The maximum atomic E-state index is 12.6. The number of carbonyl (C=O) groups excluding carboxylic acids is 2. The van der Waals surface area contributed by atoms with Gasteiger partial charge >= 0.3 is 6.09 Å². The first-order chi connectivity index (χ1) is 14.8. The van der Waals surface area contributed by atoms with Crippen molar-refractivity contribution in [3.8, 4) is 0 Å². The van der Waals surface area contributed by atoms with Gasteiger partial charge in [-0.15, -0.1) is 0 Å². The smallest absolute Gasteiger partial charge is 0.407 e. The summed E-state index contributed by atoms with van der Waals surface area (Å²) < 4.78 is 5.20. The number of ether oxygens (including phenoxy) is 1. The molecule has 0 atom stereocenters. The van der Waals surface area contributed by atoms with E-state index in [1.54, 1.807) is 0 Å². The van der Waals surface area contributed by atoms with Gasteiger partial charge in [0.15, 0.2) is 5.96 Å². The van der Waals surface area contributed by atoms with Crippen molar-refractivity contribution in [1.82, 2.24) is 16.0 Å². The highest BCUT2D eigenvalue weighted by Gasteiger charge is 2.23. The molecule has 1 heterocycles. The summed E-state index contributed by atoms with van der Waals surface area (Å²) in [6.07, 6.45) is 2.47. The highest BCUT2D eigenvalue weighted by atomic mass is 16.6. The summed E-state index contributed by atoms with van der Waals surface area (Å²) in [4.78, 5) is 30.6. The van der Waals surface area contributed by atoms with Crippen LogP contribution in [-0.4, -0.2) is 56.3 Å². The number of para-hydroxylation sites is 1. The Kier molecular flexibility index (Phi) is 9.62. The first-order valence-corrected chi connectivity index (χ1v) is 11.2. The van der Waals surface area contributed by atoms with Crippen LogP contribution in [0.25, 0.3) is 0 Å². The molecular weight excluding hydrogens is 394 g/mol. The van der Waals surface area contributed by atoms with Gasteiger partial charge in [-0.2, -0.15) is 0 Å². The number of rotatable bonds is 9. The summed E-state index contributed by atoms with van der Waals surface area (Å²) in [5.41, 5.74) is 1.80. The van der Waals surface area contributed by atoms with Gasteiger partial charge in [-0.05, 0) is 58.6 Å². The van der Waals surface area contributed by atoms with Crippen molar-refractivity contribution in [2.24, 2.45) is 4.99 Å². The van der Waals surface area contributed by atoms with E-state index in [9.17, 15) is 9.59 Å². The number of carbonyl (C=O) groups is 2. The Morgan fingerprint density at radius 2 is 1.84 bits per heavy atom. The summed E-state index contributed by atoms with van der Waals surface area (Å²) >= 11 is 0. The fourth-order valence-corrected chi connectivity index (χ4v) is 3.29. The number of hydrogen-bond donors (Lipinski definition) is 3. The van der Waals surface area contributed by atoms with Crippen LogP contribution in [0.1, 0.15) is 52.5 Å². The first-order valence-electron chi connectivity index (χ1n) is 11.2. The van der Waals surface area contributed by atoms with Gasteiger partial charge in [0.05, 0.1) is 0 Å². The van der Waals surface area contributed by atoms with E-state index in [-0.39, 0.29) is 5.91 Å². The van der Waals surface area contributed by atoms with Crippen molar-refractivity contribution in [2.45, 2.75) is 59.0 Å². The van der Waals surface area contributed by atoms with E-state index < -0.39 is 11.7 Å².